The normalized spacial score (nSPS) is 10.7. The first kappa shape index (κ1) is 12.9. The molecule has 3 aromatic rings. The van der Waals surface area contributed by atoms with Crippen LogP contribution in [0.1, 0.15) is 10.4 Å². The molecule has 1 amide bonds. The van der Waals surface area contributed by atoms with Crippen LogP contribution in [0.3, 0.4) is 0 Å². The molecule has 100 valence electrons. The number of halogens is 1. The molecular formula is C16H13BrN2O. The zero-order chi connectivity index (χ0) is 14.1. The molecule has 3 rings (SSSR count). The highest BCUT2D eigenvalue weighted by atomic mass is 79.9. The summed E-state index contributed by atoms with van der Waals surface area (Å²) in [4.78, 5) is 12.2. The van der Waals surface area contributed by atoms with Crippen molar-refractivity contribution >= 4 is 38.4 Å². The van der Waals surface area contributed by atoms with Crippen LogP contribution in [0, 0.1) is 0 Å². The number of aromatic nitrogens is 1. The van der Waals surface area contributed by atoms with Gasteiger partial charge in [0.15, 0.2) is 0 Å². The van der Waals surface area contributed by atoms with Gasteiger partial charge in [0.2, 0.25) is 0 Å². The van der Waals surface area contributed by atoms with Gasteiger partial charge in [-0.2, -0.15) is 0 Å². The molecule has 0 radical (unpaired) electrons. The molecule has 0 fully saturated rings. The molecule has 3 nitrogen and oxygen atoms in total. The maximum absolute atomic E-state index is 12.2. The fourth-order valence-electron chi connectivity index (χ4n) is 2.16. The lowest BCUT2D eigenvalue weighted by atomic mass is 10.1. The zero-order valence-corrected chi connectivity index (χ0v) is 12.5. The predicted molar refractivity (Wildman–Crippen MR) is 85.0 cm³/mol. The molecular weight excluding hydrogens is 316 g/mol. The SMILES string of the molecule is Cn1ccc2cc(C(=O)Nc3ccc(Br)cc3)ccc21. The minimum atomic E-state index is -0.0990. The van der Waals surface area contributed by atoms with Crippen LogP contribution in [-0.2, 0) is 7.05 Å². The lowest BCUT2D eigenvalue weighted by Crippen LogP contribution is -2.11. The summed E-state index contributed by atoms with van der Waals surface area (Å²) in [6.07, 6.45) is 1.99. The van der Waals surface area contributed by atoms with Gasteiger partial charge in [-0.15, -0.1) is 0 Å². The van der Waals surface area contributed by atoms with Crippen molar-refractivity contribution in [1.82, 2.24) is 4.57 Å². The minimum Gasteiger partial charge on any atom is -0.351 e. The zero-order valence-electron chi connectivity index (χ0n) is 10.9. The lowest BCUT2D eigenvalue weighted by Gasteiger charge is -2.06. The van der Waals surface area contributed by atoms with Crippen LogP contribution in [0.15, 0.2) is 59.2 Å². The van der Waals surface area contributed by atoms with E-state index >= 15 is 0 Å². The molecule has 0 saturated carbocycles. The standard InChI is InChI=1S/C16H13BrN2O/c1-19-9-8-11-10-12(2-7-15(11)19)16(20)18-14-5-3-13(17)4-6-14/h2-10H,1H3,(H,18,20). The van der Waals surface area contributed by atoms with E-state index in [1.54, 1.807) is 0 Å². The third-order valence-electron chi connectivity index (χ3n) is 3.25. The van der Waals surface area contributed by atoms with Crippen molar-refractivity contribution < 1.29 is 4.79 Å². The van der Waals surface area contributed by atoms with Crippen LogP contribution in [0.4, 0.5) is 5.69 Å². The molecule has 2 aromatic carbocycles. The molecule has 0 aliphatic carbocycles. The lowest BCUT2D eigenvalue weighted by molar-refractivity contribution is 0.102. The summed E-state index contributed by atoms with van der Waals surface area (Å²) in [5, 5.41) is 3.96. The molecule has 1 aromatic heterocycles. The van der Waals surface area contributed by atoms with Gasteiger partial charge in [0.05, 0.1) is 0 Å². The van der Waals surface area contributed by atoms with Crippen molar-refractivity contribution in [3.05, 3.63) is 64.8 Å². The van der Waals surface area contributed by atoms with Gasteiger partial charge in [-0.3, -0.25) is 4.79 Å². The van der Waals surface area contributed by atoms with Gasteiger partial charge in [-0.25, -0.2) is 0 Å². The number of carbonyl (C=O) groups excluding carboxylic acids is 1. The Morgan fingerprint density at radius 2 is 1.85 bits per heavy atom. The number of nitrogens with zero attached hydrogens (tertiary/aromatic N) is 1. The Bertz CT molecular complexity index is 775. The van der Waals surface area contributed by atoms with Crippen molar-refractivity contribution in [3.8, 4) is 0 Å². The van der Waals surface area contributed by atoms with Gasteiger partial charge < -0.3 is 9.88 Å². The van der Waals surface area contributed by atoms with E-state index in [9.17, 15) is 4.79 Å². The molecule has 0 bridgehead atoms. The first-order chi connectivity index (χ1) is 9.63. The maximum atomic E-state index is 12.2. The second kappa shape index (κ2) is 5.13. The van der Waals surface area contributed by atoms with Gasteiger partial charge in [0.1, 0.15) is 0 Å². The highest BCUT2D eigenvalue weighted by Crippen LogP contribution is 2.19. The number of anilines is 1. The van der Waals surface area contributed by atoms with Gasteiger partial charge in [-0.05, 0) is 48.5 Å². The first-order valence-corrected chi connectivity index (χ1v) is 7.05. The number of carbonyl (C=O) groups is 1. The summed E-state index contributed by atoms with van der Waals surface area (Å²) in [5.74, 6) is -0.0990. The Morgan fingerprint density at radius 3 is 2.60 bits per heavy atom. The summed E-state index contributed by atoms with van der Waals surface area (Å²) < 4.78 is 3.02. The molecule has 4 heteroatoms. The second-order valence-electron chi connectivity index (χ2n) is 4.66. The average molecular weight is 329 g/mol. The predicted octanol–water partition coefficient (Wildman–Crippen LogP) is 4.19. The van der Waals surface area contributed by atoms with Crippen LogP contribution in [0.5, 0.6) is 0 Å². The minimum absolute atomic E-state index is 0.0990. The molecule has 0 aliphatic heterocycles. The van der Waals surface area contributed by atoms with Crippen LogP contribution in [0.25, 0.3) is 10.9 Å². The van der Waals surface area contributed by atoms with Gasteiger partial charge in [-0.1, -0.05) is 15.9 Å². The van der Waals surface area contributed by atoms with Crippen LogP contribution < -0.4 is 5.32 Å². The van der Waals surface area contributed by atoms with E-state index in [0.29, 0.717) is 5.56 Å². The number of fused-ring (bicyclic) bond motifs is 1. The van der Waals surface area contributed by atoms with Crippen LogP contribution in [-0.4, -0.2) is 10.5 Å². The topological polar surface area (TPSA) is 34.0 Å². The van der Waals surface area contributed by atoms with Crippen molar-refractivity contribution in [2.45, 2.75) is 0 Å². The monoisotopic (exact) mass is 328 g/mol. The number of aryl methyl sites for hydroxylation is 1. The Hall–Kier alpha value is -2.07. The van der Waals surface area contributed by atoms with Crippen molar-refractivity contribution in [2.75, 3.05) is 5.32 Å². The largest absolute Gasteiger partial charge is 0.351 e. The number of amides is 1. The molecule has 20 heavy (non-hydrogen) atoms. The van der Waals surface area contributed by atoms with E-state index < -0.39 is 0 Å². The Kier molecular flexibility index (Phi) is 3.32. The van der Waals surface area contributed by atoms with E-state index in [1.807, 2.05) is 66.3 Å². The average Bonchev–Trinajstić information content (AvgIpc) is 2.82. The van der Waals surface area contributed by atoms with Crippen molar-refractivity contribution in [3.63, 3.8) is 0 Å². The molecule has 0 spiro atoms. The number of nitrogens with one attached hydrogen (secondary N) is 1. The molecule has 0 saturated heterocycles. The fourth-order valence-corrected chi connectivity index (χ4v) is 2.42. The molecule has 1 heterocycles. The summed E-state index contributed by atoms with van der Waals surface area (Å²) >= 11 is 3.37. The van der Waals surface area contributed by atoms with Crippen molar-refractivity contribution in [2.24, 2.45) is 7.05 Å². The maximum Gasteiger partial charge on any atom is 0.255 e. The third-order valence-corrected chi connectivity index (χ3v) is 3.78. The highest BCUT2D eigenvalue weighted by Gasteiger charge is 2.08. The summed E-state index contributed by atoms with van der Waals surface area (Å²) in [6.45, 7) is 0. The van der Waals surface area contributed by atoms with E-state index in [1.165, 1.54) is 0 Å². The summed E-state index contributed by atoms with van der Waals surface area (Å²) in [6, 6.07) is 15.2. The molecule has 0 unspecified atom stereocenters. The van der Waals surface area contributed by atoms with E-state index in [2.05, 4.69) is 21.2 Å². The van der Waals surface area contributed by atoms with E-state index in [0.717, 1.165) is 21.1 Å². The van der Waals surface area contributed by atoms with Crippen molar-refractivity contribution in [1.29, 1.82) is 0 Å². The van der Waals surface area contributed by atoms with E-state index in [4.69, 9.17) is 0 Å². The molecule has 0 aliphatic rings. The smallest absolute Gasteiger partial charge is 0.255 e. The second-order valence-corrected chi connectivity index (χ2v) is 5.58. The Labute approximate surface area is 125 Å². The number of hydrogen-bond acceptors (Lipinski definition) is 1. The summed E-state index contributed by atoms with van der Waals surface area (Å²) in [5.41, 5.74) is 2.56. The van der Waals surface area contributed by atoms with E-state index in [-0.39, 0.29) is 5.91 Å². The quantitative estimate of drug-likeness (QED) is 0.751. The molecule has 1 N–H and O–H groups in total. The van der Waals surface area contributed by atoms with Gasteiger partial charge in [0, 0.05) is 39.9 Å². The van der Waals surface area contributed by atoms with Crippen LogP contribution in [0.2, 0.25) is 0 Å². The first-order valence-electron chi connectivity index (χ1n) is 6.25. The van der Waals surface area contributed by atoms with Gasteiger partial charge >= 0.3 is 0 Å². The highest BCUT2D eigenvalue weighted by molar-refractivity contribution is 9.10. The molecule has 0 atom stereocenters. The number of rotatable bonds is 2. The Balaban J connectivity index is 1.86. The Morgan fingerprint density at radius 1 is 1.10 bits per heavy atom. The summed E-state index contributed by atoms with van der Waals surface area (Å²) in [7, 11) is 1.99. The van der Waals surface area contributed by atoms with Crippen LogP contribution >= 0.6 is 15.9 Å². The number of benzene rings is 2. The third kappa shape index (κ3) is 2.47. The van der Waals surface area contributed by atoms with Gasteiger partial charge in [0.25, 0.3) is 5.91 Å². The fraction of sp³-hybridized carbons (Fsp3) is 0.0625. The number of hydrogen-bond donors (Lipinski definition) is 1.